The molecule has 0 aliphatic carbocycles. The number of methoxy groups -OCH3 is 1. The van der Waals surface area contributed by atoms with Crippen molar-refractivity contribution in [3.05, 3.63) is 58.3 Å². The number of nitrogens with zero attached hydrogens (tertiary/aromatic N) is 2. The largest absolute Gasteiger partial charge is 0.383 e. The summed E-state index contributed by atoms with van der Waals surface area (Å²) >= 11 is 1.37. The highest BCUT2D eigenvalue weighted by Gasteiger charge is 2.64. The lowest BCUT2D eigenvalue weighted by Crippen LogP contribution is -2.49. The first kappa shape index (κ1) is 19.2. The van der Waals surface area contributed by atoms with Gasteiger partial charge in [0, 0.05) is 18.4 Å². The van der Waals surface area contributed by atoms with E-state index in [1.807, 2.05) is 53.6 Å². The van der Waals surface area contributed by atoms with Crippen LogP contribution in [0.4, 0.5) is 5.69 Å². The Morgan fingerprint density at radius 1 is 1.10 bits per heavy atom. The van der Waals surface area contributed by atoms with Crippen LogP contribution in [0.15, 0.2) is 47.9 Å². The molecule has 0 saturated carbocycles. The molecule has 30 heavy (non-hydrogen) atoms. The van der Waals surface area contributed by atoms with Crippen molar-refractivity contribution in [3.63, 3.8) is 0 Å². The monoisotopic (exact) mass is 422 g/mol. The predicted molar refractivity (Wildman–Crippen MR) is 114 cm³/mol. The van der Waals surface area contributed by atoms with E-state index in [1.54, 1.807) is 13.2 Å². The molecule has 1 aromatic heterocycles. The highest BCUT2D eigenvalue weighted by atomic mass is 32.1. The van der Waals surface area contributed by atoms with Crippen LogP contribution in [0.1, 0.15) is 22.2 Å². The lowest BCUT2D eigenvalue weighted by Gasteiger charge is -2.37. The number of benzene rings is 1. The molecule has 1 aromatic carbocycles. The third kappa shape index (κ3) is 2.62. The first-order valence-electron chi connectivity index (χ1n) is 10.0. The Kier molecular flexibility index (Phi) is 4.60. The summed E-state index contributed by atoms with van der Waals surface area (Å²) in [6, 6.07) is 10.5. The van der Waals surface area contributed by atoms with Gasteiger partial charge in [0.1, 0.15) is 6.04 Å². The number of ether oxygens (including phenoxy) is 1. The summed E-state index contributed by atoms with van der Waals surface area (Å²) in [5.41, 5.74) is 3.01. The van der Waals surface area contributed by atoms with Crippen molar-refractivity contribution in [2.24, 2.45) is 11.8 Å². The molecule has 2 fully saturated rings. The Morgan fingerprint density at radius 2 is 1.87 bits per heavy atom. The van der Waals surface area contributed by atoms with Crippen molar-refractivity contribution in [2.75, 3.05) is 25.2 Å². The maximum atomic E-state index is 13.6. The molecule has 7 heteroatoms. The zero-order valence-corrected chi connectivity index (χ0v) is 17.6. The summed E-state index contributed by atoms with van der Waals surface area (Å²) in [6.45, 7) is 2.52. The van der Waals surface area contributed by atoms with Crippen LogP contribution in [-0.4, -0.2) is 54.8 Å². The van der Waals surface area contributed by atoms with E-state index in [4.69, 9.17) is 4.74 Å². The fourth-order valence-electron chi connectivity index (χ4n) is 5.13. The van der Waals surface area contributed by atoms with Gasteiger partial charge in [-0.2, -0.15) is 0 Å². The summed E-state index contributed by atoms with van der Waals surface area (Å²) < 4.78 is 5.09. The number of rotatable bonds is 5. The normalized spacial score (nSPS) is 27.1. The van der Waals surface area contributed by atoms with Crippen molar-refractivity contribution in [3.8, 4) is 0 Å². The molecule has 2 aromatic rings. The fraction of sp³-hybridized carbons (Fsp3) is 0.348. The van der Waals surface area contributed by atoms with Gasteiger partial charge in [0.25, 0.3) is 0 Å². The SMILES string of the molecule is COCCN1C(=O)C2C(C1=O)C(C(=O)c1cccs1)N1c3ccccc3C(C)=CC21. The Bertz CT molecular complexity index is 1060. The standard InChI is InChI=1S/C23H22N2O4S/c1-13-12-16-18-19(23(28)24(22(18)27)9-10-29-2)20(21(26)17-8-5-11-30-17)25(16)15-7-4-3-6-14(13)15/h3-8,11-12,16,18-20H,9-10H2,1-2H3. The number of carbonyl (C=O) groups is 3. The molecule has 4 heterocycles. The third-order valence-corrected chi connectivity index (χ3v) is 7.28. The summed E-state index contributed by atoms with van der Waals surface area (Å²) in [5, 5.41) is 1.86. The van der Waals surface area contributed by atoms with Gasteiger partial charge in [-0.05, 0) is 30.0 Å². The van der Waals surface area contributed by atoms with Crippen molar-refractivity contribution in [2.45, 2.75) is 19.0 Å². The van der Waals surface area contributed by atoms with Crippen LogP contribution in [-0.2, 0) is 14.3 Å². The number of imide groups is 1. The van der Waals surface area contributed by atoms with Gasteiger partial charge in [-0.1, -0.05) is 30.3 Å². The smallest absolute Gasteiger partial charge is 0.235 e. The fourth-order valence-corrected chi connectivity index (χ4v) is 5.82. The van der Waals surface area contributed by atoms with Gasteiger partial charge >= 0.3 is 0 Å². The average Bonchev–Trinajstić information content (AvgIpc) is 3.44. The maximum absolute atomic E-state index is 13.6. The number of para-hydroxylation sites is 1. The second-order valence-electron chi connectivity index (χ2n) is 7.92. The van der Waals surface area contributed by atoms with E-state index in [1.165, 1.54) is 16.2 Å². The molecule has 2 saturated heterocycles. The molecule has 2 amide bonds. The van der Waals surface area contributed by atoms with Crippen LogP contribution in [0.2, 0.25) is 0 Å². The first-order chi connectivity index (χ1) is 14.5. The van der Waals surface area contributed by atoms with Gasteiger partial charge in [0.2, 0.25) is 11.8 Å². The highest BCUT2D eigenvalue weighted by molar-refractivity contribution is 7.12. The minimum absolute atomic E-state index is 0.0972. The van der Waals surface area contributed by atoms with Gasteiger partial charge in [0.05, 0.1) is 35.9 Å². The molecule has 5 rings (SSSR count). The molecule has 3 aliphatic heterocycles. The van der Waals surface area contributed by atoms with E-state index in [2.05, 4.69) is 0 Å². The third-order valence-electron chi connectivity index (χ3n) is 6.40. The molecule has 0 N–H and O–H groups in total. The van der Waals surface area contributed by atoms with Crippen LogP contribution in [0.3, 0.4) is 0 Å². The van der Waals surface area contributed by atoms with E-state index in [0.29, 0.717) is 4.88 Å². The molecular formula is C23H22N2O4S. The van der Waals surface area contributed by atoms with Gasteiger partial charge in [-0.25, -0.2) is 0 Å². The number of allylic oxidation sites excluding steroid dienone is 1. The molecule has 0 bridgehead atoms. The molecule has 0 spiro atoms. The highest BCUT2D eigenvalue weighted by Crippen LogP contribution is 2.50. The van der Waals surface area contributed by atoms with Crippen LogP contribution < -0.4 is 4.90 Å². The van der Waals surface area contributed by atoms with Crippen molar-refractivity contribution < 1.29 is 19.1 Å². The van der Waals surface area contributed by atoms with E-state index in [-0.39, 0.29) is 36.8 Å². The number of Topliss-reactive ketones (excluding diaryl/α,β-unsaturated/α-hetero) is 1. The molecular weight excluding hydrogens is 400 g/mol. The number of likely N-dealkylation sites (tertiary alicyclic amines) is 1. The summed E-state index contributed by atoms with van der Waals surface area (Å²) in [7, 11) is 1.54. The maximum Gasteiger partial charge on any atom is 0.235 e. The van der Waals surface area contributed by atoms with Crippen LogP contribution in [0.25, 0.3) is 5.57 Å². The summed E-state index contributed by atoms with van der Waals surface area (Å²) in [4.78, 5) is 44.2. The Morgan fingerprint density at radius 3 is 2.60 bits per heavy atom. The van der Waals surface area contributed by atoms with Gasteiger partial charge < -0.3 is 9.64 Å². The Balaban J connectivity index is 1.65. The van der Waals surface area contributed by atoms with Gasteiger partial charge in [-0.15, -0.1) is 11.3 Å². The van der Waals surface area contributed by atoms with Crippen molar-refractivity contribution >= 4 is 40.2 Å². The second kappa shape index (κ2) is 7.18. The van der Waals surface area contributed by atoms with Crippen molar-refractivity contribution in [1.82, 2.24) is 4.90 Å². The van der Waals surface area contributed by atoms with Crippen LogP contribution in [0, 0.1) is 11.8 Å². The lowest BCUT2D eigenvalue weighted by atomic mass is 9.86. The number of anilines is 1. The lowest BCUT2D eigenvalue weighted by molar-refractivity contribution is -0.141. The molecule has 3 aliphatic rings. The Labute approximate surface area is 178 Å². The van der Waals surface area contributed by atoms with E-state index < -0.39 is 17.9 Å². The minimum Gasteiger partial charge on any atom is -0.383 e. The second-order valence-corrected chi connectivity index (χ2v) is 8.87. The topological polar surface area (TPSA) is 66.9 Å². The van der Waals surface area contributed by atoms with Gasteiger partial charge in [-0.3, -0.25) is 19.3 Å². The summed E-state index contributed by atoms with van der Waals surface area (Å²) in [6.07, 6.45) is 2.05. The number of hydrogen-bond donors (Lipinski definition) is 0. The number of thiophene rings is 1. The minimum atomic E-state index is -0.701. The number of amides is 2. The van der Waals surface area contributed by atoms with E-state index in [0.717, 1.165) is 16.8 Å². The predicted octanol–water partition coefficient (Wildman–Crippen LogP) is 2.85. The molecule has 6 nitrogen and oxygen atoms in total. The van der Waals surface area contributed by atoms with Crippen LogP contribution in [0.5, 0.6) is 0 Å². The molecule has 4 atom stereocenters. The number of fused-ring (bicyclic) bond motifs is 5. The van der Waals surface area contributed by atoms with E-state index in [9.17, 15) is 14.4 Å². The zero-order chi connectivity index (χ0) is 21.0. The summed E-state index contributed by atoms with van der Waals surface area (Å²) in [5.74, 6) is -1.83. The number of carbonyl (C=O) groups excluding carboxylic acids is 3. The number of hydrogen-bond acceptors (Lipinski definition) is 6. The molecule has 0 radical (unpaired) electrons. The molecule has 154 valence electrons. The quantitative estimate of drug-likeness (QED) is 0.548. The average molecular weight is 423 g/mol. The molecule has 4 unspecified atom stereocenters. The van der Waals surface area contributed by atoms with Crippen molar-refractivity contribution in [1.29, 1.82) is 0 Å². The first-order valence-corrected chi connectivity index (χ1v) is 10.9. The Hall–Kier alpha value is -2.77. The number of ketones is 1. The zero-order valence-electron chi connectivity index (χ0n) is 16.8. The van der Waals surface area contributed by atoms with E-state index >= 15 is 0 Å². The van der Waals surface area contributed by atoms with Gasteiger partial charge in [0.15, 0.2) is 5.78 Å². The van der Waals surface area contributed by atoms with Crippen LogP contribution >= 0.6 is 11.3 Å².